The number of halogens is 1. The van der Waals surface area contributed by atoms with Crippen LogP contribution in [0.5, 0.6) is 0 Å². The maximum atomic E-state index is 11.5. The van der Waals surface area contributed by atoms with Crippen LogP contribution in [0, 0.1) is 0 Å². The highest BCUT2D eigenvalue weighted by Gasteiger charge is 2.46. The number of nitrogens with zero attached hydrogens (tertiary/aromatic N) is 1. The highest BCUT2D eigenvalue weighted by atomic mass is 35.5. The summed E-state index contributed by atoms with van der Waals surface area (Å²) >= 11 is 5.71. The molecule has 1 aromatic rings. The molecule has 1 aliphatic carbocycles. The van der Waals surface area contributed by atoms with Crippen molar-refractivity contribution in [2.45, 2.75) is 24.0 Å². The van der Waals surface area contributed by atoms with Gasteiger partial charge in [0.2, 0.25) is 10.0 Å². The van der Waals surface area contributed by atoms with Crippen molar-refractivity contribution < 1.29 is 8.42 Å². The van der Waals surface area contributed by atoms with E-state index < -0.39 is 14.8 Å². The second-order valence-corrected chi connectivity index (χ2v) is 6.69. The molecular formula is C10H14ClN3O2S. The third-order valence-electron chi connectivity index (χ3n) is 3.19. The monoisotopic (exact) mass is 275 g/mol. The molecule has 1 fully saturated rings. The quantitative estimate of drug-likeness (QED) is 0.869. The van der Waals surface area contributed by atoms with Crippen LogP contribution in [0.25, 0.3) is 0 Å². The first-order chi connectivity index (χ1) is 7.93. The number of primary sulfonamides is 1. The Kier molecular flexibility index (Phi) is 3.29. The van der Waals surface area contributed by atoms with Crippen molar-refractivity contribution in [3.05, 3.63) is 23.4 Å². The Balaban J connectivity index is 2.04. The molecule has 0 atom stereocenters. The number of sulfonamides is 1. The Bertz CT molecular complexity index is 497. The van der Waals surface area contributed by atoms with E-state index in [1.54, 1.807) is 12.1 Å². The van der Waals surface area contributed by atoms with Crippen LogP contribution < -0.4 is 10.5 Å². The van der Waals surface area contributed by atoms with Gasteiger partial charge in [-0.1, -0.05) is 18.0 Å². The van der Waals surface area contributed by atoms with Crippen LogP contribution in [-0.4, -0.2) is 24.7 Å². The van der Waals surface area contributed by atoms with Crippen molar-refractivity contribution in [1.29, 1.82) is 0 Å². The zero-order valence-corrected chi connectivity index (χ0v) is 10.8. The van der Waals surface area contributed by atoms with Gasteiger partial charge in [-0.2, -0.15) is 0 Å². The Morgan fingerprint density at radius 2 is 2.18 bits per heavy atom. The molecule has 0 unspecified atom stereocenters. The van der Waals surface area contributed by atoms with Gasteiger partial charge in [0.15, 0.2) is 0 Å². The van der Waals surface area contributed by atoms with E-state index in [2.05, 4.69) is 10.3 Å². The van der Waals surface area contributed by atoms with Gasteiger partial charge in [0.05, 0.1) is 5.02 Å². The molecule has 7 heteroatoms. The lowest BCUT2D eigenvalue weighted by Crippen LogP contribution is -2.53. The fourth-order valence-electron chi connectivity index (χ4n) is 1.87. The summed E-state index contributed by atoms with van der Waals surface area (Å²) in [7, 11) is -3.52. The molecule has 0 bridgehead atoms. The average Bonchev–Trinajstić information content (AvgIpc) is 2.17. The van der Waals surface area contributed by atoms with E-state index in [1.807, 2.05) is 0 Å². The summed E-state index contributed by atoms with van der Waals surface area (Å²) in [6.07, 6.45) is 3.61. The largest absolute Gasteiger partial charge is 0.368 e. The first-order valence-corrected chi connectivity index (χ1v) is 7.23. The van der Waals surface area contributed by atoms with Gasteiger partial charge in [-0.05, 0) is 25.0 Å². The Morgan fingerprint density at radius 3 is 2.59 bits per heavy atom. The van der Waals surface area contributed by atoms with Crippen molar-refractivity contribution >= 4 is 27.4 Å². The predicted octanol–water partition coefficient (Wildman–Crippen LogP) is 1.36. The van der Waals surface area contributed by atoms with Crippen molar-refractivity contribution in [2.75, 3.05) is 11.9 Å². The minimum absolute atomic E-state index is 0.292. The number of pyridine rings is 1. The molecule has 1 aromatic heterocycles. The number of rotatable bonds is 4. The molecule has 1 saturated carbocycles. The molecule has 0 aliphatic heterocycles. The molecular weight excluding hydrogens is 262 g/mol. The zero-order valence-electron chi connectivity index (χ0n) is 9.19. The zero-order chi connectivity index (χ0) is 12.5. The summed E-state index contributed by atoms with van der Waals surface area (Å²) in [5.41, 5.74) is 0. The van der Waals surface area contributed by atoms with E-state index in [9.17, 15) is 8.42 Å². The molecule has 0 saturated heterocycles. The maximum absolute atomic E-state index is 11.5. The van der Waals surface area contributed by atoms with Gasteiger partial charge in [-0.25, -0.2) is 18.5 Å². The second kappa shape index (κ2) is 4.44. The van der Waals surface area contributed by atoms with Gasteiger partial charge in [0, 0.05) is 12.7 Å². The molecule has 1 heterocycles. The van der Waals surface area contributed by atoms with Crippen LogP contribution in [0.1, 0.15) is 19.3 Å². The van der Waals surface area contributed by atoms with Crippen molar-refractivity contribution in [3.8, 4) is 0 Å². The molecule has 0 aromatic carbocycles. The number of hydrogen-bond donors (Lipinski definition) is 2. The molecule has 94 valence electrons. The van der Waals surface area contributed by atoms with Crippen molar-refractivity contribution in [2.24, 2.45) is 5.14 Å². The first-order valence-electron chi connectivity index (χ1n) is 5.31. The minimum atomic E-state index is -3.52. The predicted molar refractivity (Wildman–Crippen MR) is 67.4 cm³/mol. The molecule has 5 nitrogen and oxygen atoms in total. The number of aromatic nitrogens is 1. The average molecular weight is 276 g/mol. The van der Waals surface area contributed by atoms with Gasteiger partial charge in [-0.3, -0.25) is 0 Å². The molecule has 1 aliphatic rings. The van der Waals surface area contributed by atoms with Crippen LogP contribution in [0.3, 0.4) is 0 Å². The maximum Gasteiger partial charge on any atom is 0.216 e. The van der Waals surface area contributed by atoms with Crippen molar-refractivity contribution in [3.63, 3.8) is 0 Å². The lowest BCUT2D eigenvalue weighted by molar-refractivity contribution is 0.351. The SMILES string of the molecule is NS(=O)(=O)C1(CNc2ccc(Cl)cn2)CCC1. The summed E-state index contributed by atoms with van der Waals surface area (Å²) in [6.45, 7) is 0.292. The third-order valence-corrected chi connectivity index (χ3v) is 5.17. The summed E-state index contributed by atoms with van der Waals surface area (Å²) in [6, 6.07) is 3.40. The fraction of sp³-hybridized carbons (Fsp3) is 0.500. The molecule has 2 rings (SSSR count). The fourth-order valence-corrected chi connectivity index (χ4v) is 3.11. The van der Waals surface area contributed by atoms with E-state index in [0.29, 0.717) is 30.2 Å². The molecule has 0 amide bonds. The van der Waals surface area contributed by atoms with Crippen LogP contribution in [0.2, 0.25) is 5.02 Å². The van der Waals surface area contributed by atoms with Gasteiger partial charge in [0.1, 0.15) is 10.6 Å². The highest BCUT2D eigenvalue weighted by molar-refractivity contribution is 7.90. The van der Waals surface area contributed by atoms with Gasteiger partial charge in [0.25, 0.3) is 0 Å². The highest BCUT2D eigenvalue weighted by Crippen LogP contribution is 2.37. The lowest BCUT2D eigenvalue weighted by atomic mass is 9.84. The van der Waals surface area contributed by atoms with E-state index in [4.69, 9.17) is 16.7 Å². The molecule has 17 heavy (non-hydrogen) atoms. The summed E-state index contributed by atoms with van der Waals surface area (Å²) in [5, 5.41) is 8.79. The second-order valence-electron chi connectivity index (χ2n) is 4.30. The van der Waals surface area contributed by atoms with Gasteiger partial charge in [-0.15, -0.1) is 0 Å². The Morgan fingerprint density at radius 1 is 1.47 bits per heavy atom. The van der Waals surface area contributed by atoms with Crippen LogP contribution in [0.15, 0.2) is 18.3 Å². The summed E-state index contributed by atoms with van der Waals surface area (Å²) < 4.78 is 22.2. The van der Waals surface area contributed by atoms with Crippen molar-refractivity contribution in [1.82, 2.24) is 4.98 Å². The van der Waals surface area contributed by atoms with Crippen LogP contribution >= 0.6 is 11.6 Å². The topological polar surface area (TPSA) is 85.1 Å². The normalized spacial score (nSPS) is 18.5. The van der Waals surface area contributed by atoms with E-state index in [0.717, 1.165) is 6.42 Å². The van der Waals surface area contributed by atoms with E-state index >= 15 is 0 Å². The number of anilines is 1. The molecule has 3 N–H and O–H groups in total. The van der Waals surface area contributed by atoms with E-state index in [1.165, 1.54) is 6.20 Å². The van der Waals surface area contributed by atoms with Gasteiger partial charge < -0.3 is 5.32 Å². The Labute approximate surface area is 105 Å². The lowest BCUT2D eigenvalue weighted by Gasteiger charge is -2.39. The molecule has 0 spiro atoms. The number of hydrogen-bond acceptors (Lipinski definition) is 4. The summed E-state index contributed by atoms with van der Waals surface area (Å²) in [4.78, 5) is 4.04. The Hall–Kier alpha value is -0.850. The number of nitrogens with one attached hydrogen (secondary N) is 1. The standard InChI is InChI=1S/C10H14ClN3O2S/c11-8-2-3-9(13-6-8)14-7-10(4-1-5-10)17(12,15)16/h2-3,6H,1,4-5,7H2,(H,13,14)(H2,12,15,16). The third kappa shape index (κ3) is 2.53. The number of nitrogens with two attached hydrogens (primary N) is 1. The minimum Gasteiger partial charge on any atom is -0.368 e. The van der Waals surface area contributed by atoms with Gasteiger partial charge >= 0.3 is 0 Å². The van der Waals surface area contributed by atoms with E-state index in [-0.39, 0.29) is 0 Å². The molecule has 0 radical (unpaired) electrons. The van der Waals surface area contributed by atoms with Crippen LogP contribution in [0.4, 0.5) is 5.82 Å². The summed E-state index contributed by atoms with van der Waals surface area (Å²) in [5.74, 6) is 0.601. The smallest absolute Gasteiger partial charge is 0.216 e. The first kappa shape index (κ1) is 12.6. The van der Waals surface area contributed by atoms with Crippen LogP contribution in [-0.2, 0) is 10.0 Å².